The Hall–Kier alpha value is -2.30. The number of nitrogens with one attached hydrogen (secondary N) is 1. The number of hydrogen-bond donors (Lipinski definition) is 2. The van der Waals surface area contributed by atoms with Gasteiger partial charge in [-0.25, -0.2) is 4.79 Å². The first-order chi connectivity index (χ1) is 9.37. The molecule has 1 heterocycles. The van der Waals surface area contributed by atoms with E-state index in [9.17, 15) is 9.59 Å². The fraction of sp³-hybridized carbons (Fsp3) is 0.333. The van der Waals surface area contributed by atoms with E-state index in [4.69, 9.17) is 9.52 Å². The molecule has 2 N–H and O–H groups in total. The third kappa shape index (κ3) is 2.15. The molecule has 5 nitrogen and oxygen atoms in total. The lowest BCUT2D eigenvalue weighted by Crippen LogP contribution is -2.16. The van der Waals surface area contributed by atoms with E-state index in [1.165, 1.54) is 6.07 Å². The second-order valence-corrected chi connectivity index (χ2v) is 5.90. The Morgan fingerprint density at radius 2 is 2.05 bits per heavy atom. The number of hydrogen-bond acceptors (Lipinski definition) is 3. The monoisotopic (exact) mass is 273 g/mol. The Balaban J connectivity index is 1.82. The van der Waals surface area contributed by atoms with Crippen molar-refractivity contribution in [2.24, 2.45) is 11.3 Å². The van der Waals surface area contributed by atoms with Crippen LogP contribution in [0.25, 0.3) is 11.0 Å². The average molecular weight is 273 g/mol. The summed E-state index contributed by atoms with van der Waals surface area (Å²) in [4.78, 5) is 22.9. The Bertz CT molecular complexity index is 714. The Kier molecular flexibility index (Phi) is 2.61. The first-order valence-electron chi connectivity index (χ1n) is 6.44. The third-order valence-electron chi connectivity index (χ3n) is 3.82. The quantitative estimate of drug-likeness (QED) is 0.900. The minimum atomic E-state index is -1.11. The van der Waals surface area contributed by atoms with Gasteiger partial charge >= 0.3 is 5.97 Å². The largest absolute Gasteiger partial charge is 0.475 e. The molecule has 0 radical (unpaired) electrons. The number of carboxylic acid groups (broad SMARTS) is 1. The molecule has 1 saturated carbocycles. The second-order valence-electron chi connectivity index (χ2n) is 5.90. The molecule has 1 aliphatic carbocycles. The van der Waals surface area contributed by atoms with E-state index < -0.39 is 5.97 Å². The maximum Gasteiger partial charge on any atom is 0.371 e. The van der Waals surface area contributed by atoms with Gasteiger partial charge in [0.25, 0.3) is 0 Å². The second kappa shape index (κ2) is 4.10. The highest BCUT2D eigenvalue weighted by Crippen LogP contribution is 2.52. The number of anilines is 1. The van der Waals surface area contributed by atoms with Crippen molar-refractivity contribution in [2.75, 3.05) is 5.32 Å². The fourth-order valence-electron chi connectivity index (χ4n) is 2.37. The van der Waals surface area contributed by atoms with Gasteiger partial charge in [-0.05, 0) is 36.1 Å². The molecule has 1 atom stereocenters. The summed E-state index contributed by atoms with van der Waals surface area (Å²) in [6.45, 7) is 4.13. The number of amides is 1. The topological polar surface area (TPSA) is 79.5 Å². The van der Waals surface area contributed by atoms with Crippen LogP contribution in [0.2, 0.25) is 0 Å². The van der Waals surface area contributed by atoms with Gasteiger partial charge < -0.3 is 14.8 Å². The van der Waals surface area contributed by atoms with Crippen LogP contribution in [0.1, 0.15) is 30.8 Å². The van der Waals surface area contributed by atoms with Crippen molar-refractivity contribution >= 4 is 28.5 Å². The molecule has 2 aromatic rings. The van der Waals surface area contributed by atoms with Crippen LogP contribution in [0.3, 0.4) is 0 Å². The zero-order valence-corrected chi connectivity index (χ0v) is 11.3. The van der Waals surface area contributed by atoms with Gasteiger partial charge in [0, 0.05) is 17.0 Å². The molecule has 0 saturated heterocycles. The Labute approximate surface area is 115 Å². The van der Waals surface area contributed by atoms with Gasteiger partial charge in [-0.2, -0.15) is 0 Å². The van der Waals surface area contributed by atoms with Gasteiger partial charge in [0.05, 0.1) is 0 Å². The highest BCUT2D eigenvalue weighted by molar-refractivity contribution is 5.98. The van der Waals surface area contributed by atoms with Crippen molar-refractivity contribution in [1.82, 2.24) is 0 Å². The van der Waals surface area contributed by atoms with E-state index in [0.29, 0.717) is 16.7 Å². The van der Waals surface area contributed by atoms with Gasteiger partial charge in [-0.15, -0.1) is 0 Å². The number of carbonyl (C=O) groups excluding carboxylic acids is 1. The lowest BCUT2D eigenvalue weighted by atomic mass is 10.1. The summed E-state index contributed by atoms with van der Waals surface area (Å²) >= 11 is 0. The number of furan rings is 1. The van der Waals surface area contributed by atoms with Crippen LogP contribution in [-0.4, -0.2) is 17.0 Å². The van der Waals surface area contributed by atoms with Gasteiger partial charge in [0.15, 0.2) is 0 Å². The number of aromatic carboxylic acids is 1. The standard InChI is InChI=1S/C15H15NO4/c1-15(2)7-10(15)13(17)16-9-3-4-11-8(5-9)6-12(20-11)14(18)19/h3-6,10H,7H2,1-2H3,(H,16,17)(H,18,19)/t10-/m1/s1. The van der Waals surface area contributed by atoms with E-state index in [1.807, 2.05) is 0 Å². The van der Waals surface area contributed by atoms with Gasteiger partial charge in [-0.1, -0.05) is 13.8 Å². The van der Waals surface area contributed by atoms with Crippen molar-refractivity contribution in [3.05, 3.63) is 30.0 Å². The molecular weight excluding hydrogens is 258 g/mol. The van der Waals surface area contributed by atoms with Crippen LogP contribution in [0.5, 0.6) is 0 Å². The Morgan fingerprint density at radius 3 is 2.65 bits per heavy atom. The summed E-state index contributed by atoms with van der Waals surface area (Å²) in [5, 5.41) is 12.4. The normalized spacial score (nSPS) is 19.8. The molecule has 20 heavy (non-hydrogen) atoms. The zero-order chi connectivity index (χ0) is 14.5. The molecule has 0 aliphatic heterocycles. The van der Waals surface area contributed by atoms with Crippen molar-refractivity contribution in [2.45, 2.75) is 20.3 Å². The first-order valence-corrected chi connectivity index (χ1v) is 6.44. The van der Waals surface area contributed by atoms with Crippen molar-refractivity contribution in [3.63, 3.8) is 0 Å². The van der Waals surface area contributed by atoms with Gasteiger partial charge in [0.2, 0.25) is 11.7 Å². The van der Waals surface area contributed by atoms with Crippen LogP contribution < -0.4 is 5.32 Å². The number of fused-ring (bicyclic) bond motifs is 1. The molecule has 0 bridgehead atoms. The predicted molar refractivity (Wildman–Crippen MR) is 73.7 cm³/mol. The summed E-state index contributed by atoms with van der Waals surface area (Å²) in [6, 6.07) is 6.55. The average Bonchev–Trinajstić information content (AvgIpc) is 2.84. The molecule has 1 aromatic carbocycles. The van der Waals surface area contributed by atoms with Crippen LogP contribution in [-0.2, 0) is 4.79 Å². The molecule has 1 aliphatic rings. The third-order valence-corrected chi connectivity index (χ3v) is 3.82. The van der Waals surface area contributed by atoms with E-state index in [1.54, 1.807) is 18.2 Å². The SMILES string of the molecule is CC1(C)C[C@@H]1C(=O)Nc1ccc2oc(C(=O)O)cc2c1. The highest BCUT2D eigenvalue weighted by Gasteiger charge is 2.50. The van der Waals surface area contributed by atoms with Gasteiger partial charge in [-0.3, -0.25) is 4.79 Å². The van der Waals surface area contributed by atoms with Crippen molar-refractivity contribution < 1.29 is 19.1 Å². The number of benzene rings is 1. The number of carbonyl (C=O) groups is 2. The lowest BCUT2D eigenvalue weighted by molar-refractivity contribution is -0.118. The van der Waals surface area contributed by atoms with Crippen LogP contribution >= 0.6 is 0 Å². The van der Waals surface area contributed by atoms with E-state index in [2.05, 4.69) is 19.2 Å². The summed E-state index contributed by atoms with van der Waals surface area (Å²) < 4.78 is 5.17. The van der Waals surface area contributed by atoms with Crippen LogP contribution in [0, 0.1) is 11.3 Å². The molecule has 5 heteroatoms. The predicted octanol–water partition coefficient (Wildman–Crippen LogP) is 3.12. The smallest absolute Gasteiger partial charge is 0.371 e. The first kappa shape index (κ1) is 12.7. The zero-order valence-electron chi connectivity index (χ0n) is 11.3. The molecule has 0 spiro atoms. The summed E-state index contributed by atoms with van der Waals surface area (Å²) in [5.74, 6) is -1.15. The van der Waals surface area contributed by atoms with Crippen molar-refractivity contribution in [3.8, 4) is 0 Å². The van der Waals surface area contributed by atoms with Crippen LogP contribution in [0.15, 0.2) is 28.7 Å². The number of rotatable bonds is 3. The Morgan fingerprint density at radius 1 is 1.35 bits per heavy atom. The summed E-state index contributed by atoms with van der Waals surface area (Å²) in [5.41, 5.74) is 1.23. The molecule has 104 valence electrons. The van der Waals surface area contributed by atoms with E-state index in [0.717, 1.165) is 6.42 Å². The molecule has 1 fully saturated rings. The minimum absolute atomic E-state index is 0.0105. The fourth-order valence-corrected chi connectivity index (χ4v) is 2.37. The lowest BCUT2D eigenvalue weighted by Gasteiger charge is -2.06. The maximum atomic E-state index is 12.0. The molecule has 1 amide bonds. The van der Waals surface area contributed by atoms with Crippen molar-refractivity contribution in [1.29, 1.82) is 0 Å². The highest BCUT2D eigenvalue weighted by atomic mass is 16.4. The maximum absolute atomic E-state index is 12.0. The molecule has 3 rings (SSSR count). The summed E-state index contributed by atoms with van der Waals surface area (Å²) in [7, 11) is 0. The van der Waals surface area contributed by atoms with E-state index >= 15 is 0 Å². The number of carboxylic acids is 1. The summed E-state index contributed by atoms with van der Waals surface area (Å²) in [6.07, 6.45) is 0.899. The minimum Gasteiger partial charge on any atom is -0.475 e. The molecule has 1 aromatic heterocycles. The molecular formula is C15H15NO4. The van der Waals surface area contributed by atoms with Crippen LogP contribution in [0.4, 0.5) is 5.69 Å². The molecule has 0 unspecified atom stereocenters. The van der Waals surface area contributed by atoms with E-state index in [-0.39, 0.29) is 23.0 Å². The van der Waals surface area contributed by atoms with Gasteiger partial charge in [0.1, 0.15) is 5.58 Å².